The highest BCUT2D eigenvalue weighted by atomic mass is 32.2. The molecular formula is C12H15F3N2O3S. The van der Waals surface area contributed by atoms with Crippen LogP contribution in [-0.4, -0.2) is 31.9 Å². The number of carboxylic acid groups (broad SMARTS) is 1. The minimum Gasteiger partial charge on any atom is -0.481 e. The second kappa shape index (κ2) is 6.97. The molecule has 0 saturated carbocycles. The van der Waals surface area contributed by atoms with Crippen LogP contribution in [-0.2, 0) is 17.8 Å². The fourth-order valence-corrected chi connectivity index (χ4v) is 2.45. The summed E-state index contributed by atoms with van der Waals surface area (Å²) in [5, 5.41) is 8.69. The summed E-state index contributed by atoms with van der Waals surface area (Å²) in [6.07, 6.45) is 0.0611. The Labute approximate surface area is 123 Å². The predicted octanol–water partition coefficient (Wildman–Crippen LogP) is 2.13. The van der Waals surface area contributed by atoms with Gasteiger partial charge in [0.1, 0.15) is 0 Å². The second-order valence-corrected chi connectivity index (χ2v) is 5.54. The number of aliphatic carboxylic acids is 1. The minimum absolute atomic E-state index is 0.123. The maximum atomic E-state index is 12.1. The Morgan fingerprint density at radius 3 is 2.52 bits per heavy atom. The van der Waals surface area contributed by atoms with E-state index in [0.717, 1.165) is 4.57 Å². The molecule has 1 rings (SSSR count). The Morgan fingerprint density at radius 1 is 1.38 bits per heavy atom. The van der Waals surface area contributed by atoms with Crippen molar-refractivity contribution in [2.45, 2.75) is 38.7 Å². The Kier molecular flexibility index (Phi) is 5.82. The maximum Gasteiger partial charge on any atom is 0.441 e. The molecule has 1 aromatic heterocycles. The number of carboxylic acids is 1. The molecule has 0 amide bonds. The van der Waals surface area contributed by atoms with Crippen molar-refractivity contribution < 1.29 is 23.1 Å². The van der Waals surface area contributed by atoms with Gasteiger partial charge in [-0.2, -0.15) is 18.2 Å². The molecule has 0 saturated heterocycles. The highest BCUT2D eigenvalue weighted by molar-refractivity contribution is 8.00. The van der Waals surface area contributed by atoms with Crippen molar-refractivity contribution >= 4 is 17.7 Å². The van der Waals surface area contributed by atoms with Gasteiger partial charge in [-0.25, -0.2) is 4.79 Å². The molecule has 0 aromatic carbocycles. The molecule has 0 radical (unpaired) electrons. The van der Waals surface area contributed by atoms with Gasteiger partial charge < -0.3 is 5.11 Å². The number of carbonyl (C=O) groups is 1. The van der Waals surface area contributed by atoms with E-state index in [1.807, 2.05) is 0 Å². The van der Waals surface area contributed by atoms with Gasteiger partial charge in [-0.15, -0.1) is 0 Å². The third-order valence-corrected chi connectivity index (χ3v) is 3.66. The van der Waals surface area contributed by atoms with Crippen LogP contribution in [0.3, 0.4) is 0 Å². The summed E-state index contributed by atoms with van der Waals surface area (Å²) in [4.78, 5) is 26.1. The number of thioether (sulfide) groups is 1. The van der Waals surface area contributed by atoms with Gasteiger partial charge in [-0.1, -0.05) is 0 Å². The molecule has 0 fully saturated rings. The van der Waals surface area contributed by atoms with Crippen molar-refractivity contribution in [1.82, 2.24) is 9.55 Å². The SMILES string of the molecule is Cc1nc(=O)n(CCSC(F)(F)F)c(C)c1CCC(=O)O. The summed E-state index contributed by atoms with van der Waals surface area (Å²) < 4.78 is 37.5. The average molecular weight is 324 g/mol. The Hall–Kier alpha value is -1.51. The van der Waals surface area contributed by atoms with Gasteiger partial charge in [-0.05, 0) is 37.6 Å². The lowest BCUT2D eigenvalue weighted by Gasteiger charge is -2.15. The molecule has 0 atom stereocenters. The van der Waals surface area contributed by atoms with Crippen molar-refractivity contribution in [3.8, 4) is 0 Å². The summed E-state index contributed by atoms with van der Waals surface area (Å²) >= 11 is -0.207. The zero-order valence-electron chi connectivity index (χ0n) is 11.5. The van der Waals surface area contributed by atoms with E-state index in [1.54, 1.807) is 13.8 Å². The molecule has 21 heavy (non-hydrogen) atoms. The normalized spacial score (nSPS) is 11.7. The summed E-state index contributed by atoms with van der Waals surface area (Å²) in [5.74, 6) is -1.29. The van der Waals surface area contributed by atoms with Crippen molar-refractivity contribution in [2.75, 3.05) is 5.75 Å². The molecule has 0 aliphatic heterocycles. The average Bonchev–Trinajstić information content (AvgIpc) is 2.31. The number of aryl methyl sites for hydroxylation is 1. The smallest absolute Gasteiger partial charge is 0.441 e. The van der Waals surface area contributed by atoms with E-state index < -0.39 is 17.2 Å². The number of nitrogens with zero attached hydrogens (tertiary/aromatic N) is 2. The molecule has 9 heteroatoms. The summed E-state index contributed by atoms with van der Waals surface area (Å²) in [6.45, 7) is 3.05. The molecular weight excluding hydrogens is 309 g/mol. The third-order valence-electron chi connectivity index (χ3n) is 2.94. The van der Waals surface area contributed by atoms with Crippen LogP contribution in [0, 0.1) is 13.8 Å². The third kappa shape index (κ3) is 5.41. The molecule has 0 spiro atoms. The van der Waals surface area contributed by atoms with E-state index in [-0.39, 0.29) is 36.9 Å². The molecule has 1 aromatic rings. The molecule has 1 heterocycles. The van der Waals surface area contributed by atoms with E-state index in [2.05, 4.69) is 4.98 Å². The Balaban J connectivity index is 2.96. The first-order chi connectivity index (χ1) is 9.61. The van der Waals surface area contributed by atoms with Crippen molar-refractivity contribution in [1.29, 1.82) is 0 Å². The lowest BCUT2D eigenvalue weighted by molar-refractivity contribution is -0.136. The van der Waals surface area contributed by atoms with E-state index >= 15 is 0 Å². The summed E-state index contributed by atoms with van der Waals surface area (Å²) in [5.41, 5.74) is -3.49. The number of hydrogen-bond acceptors (Lipinski definition) is 4. The number of hydrogen-bond donors (Lipinski definition) is 1. The van der Waals surface area contributed by atoms with Gasteiger partial charge in [0.15, 0.2) is 0 Å². The van der Waals surface area contributed by atoms with Gasteiger partial charge >= 0.3 is 17.2 Å². The zero-order valence-corrected chi connectivity index (χ0v) is 12.3. The number of rotatable bonds is 6. The molecule has 0 unspecified atom stereocenters. The predicted molar refractivity (Wildman–Crippen MR) is 72.4 cm³/mol. The van der Waals surface area contributed by atoms with Crippen LogP contribution < -0.4 is 5.69 Å². The monoisotopic (exact) mass is 324 g/mol. The van der Waals surface area contributed by atoms with E-state index in [9.17, 15) is 22.8 Å². The standard InChI is InChI=1S/C12H15F3N2O3S/c1-7-9(3-4-10(18)19)8(2)17(11(20)16-7)5-6-21-12(13,14)15/h3-6H2,1-2H3,(H,18,19). The first-order valence-electron chi connectivity index (χ1n) is 6.11. The Morgan fingerprint density at radius 2 is 2.00 bits per heavy atom. The van der Waals surface area contributed by atoms with Crippen molar-refractivity contribution in [3.05, 3.63) is 27.4 Å². The van der Waals surface area contributed by atoms with Crippen LogP contribution in [0.2, 0.25) is 0 Å². The largest absolute Gasteiger partial charge is 0.481 e. The quantitative estimate of drug-likeness (QED) is 0.868. The lowest BCUT2D eigenvalue weighted by Crippen LogP contribution is -2.29. The van der Waals surface area contributed by atoms with Crippen LogP contribution in [0.15, 0.2) is 4.79 Å². The van der Waals surface area contributed by atoms with E-state index in [4.69, 9.17) is 5.11 Å². The lowest BCUT2D eigenvalue weighted by atomic mass is 10.1. The van der Waals surface area contributed by atoms with Gasteiger partial charge in [-0.3, -0.25) is 9.36 Å². The van der Waals surface area contributed by atoms with Crippen LogP contribution >= 0.6 is 11.8 Å². The molecule has 0 bridgehead atoms. The molecule has 1 N–H and O–H groups in total. The summed E-state index contributed by atoms with van der Waals surface area (Å²) in [7, 11) is 0. The second-order valence-electron chi connectivity index (χ2n) is 4.38. The number of halogens is 3. The van der Waals surface area contributed by atoms with Gasteiger partial charge in [0.25, 0.3) is 0 Å². The molecule has 5 nitrogen and oxygen atoms in total. The van der Waals surface area contributed by atoms with Gasteiger partial charge in [0.2, 0.25) is 0 Å². The van der Waals surface area contributed by atoms with Crippen molar-refractivity contribution in [3.63, 3.8) is 0 Å². The van der Waals surface area contributed by atoms with Gasteiger partial charge in [0.05, 0.1) is 0 Å². The van der Waals surface area contributed by atoms with Crippen LogP contribution in [0.1, 0.15) is 23.4 Å². The van der Waals surface area contributed by atoms with Crippen molar-refractivity contribution in [2.24, 2.45) is 0 Å². The van der Waals surface area contributed by atoms with Crippen LogP contribution in [0.4, 0.5) is 13.2 Å². The first kappa shape index (κ1) is 17.5. The van der Waals surface area contributed by atoms with E-state index in [0.29, 0.717) is 17.0 Å². The minimum atomic E-state index is -4.35. The maximum absolute atomic E-state index is 12.1. The molecule has 0 aliphatic rings. The van der Waals surface area contributed by atoms with Crippen LogP contribution in [0.5, 0.6) is 0 Å². The first-order valence-corrected chi connectivity index (χ1v) is 7.09. The zero-order chi connectivity index (χ0) is 16.2. The fraction of sp³-hybridized carbons (Fsp3) is 0.583. The summed E-state index contributed by atoms with van der Waals surface area (Å²) in [6, 6.07) is 0. The number of aromatic nitrogens is 2. The van der Waals surface area contributed by atoms with Crippen LogP contribution in [0.25, 0.3) is 0 Å². The number of alkyl halides is 3. The van der Waals surface area contributed by atoms with Gasteiger partial charge in [0, 0.05) is 30.1 Å². The highest BCUT2D eigenvalue weighted by Gasteiger charge is 2.27. The molecule has 0 aliphatic carbocycles. The van der Waals surface area contributed by atoms with E-state index in [1.165, 1.54) is 0 Å². The topological polar surface area (TPSA) is 72.2 Å². The molecule has 118 valence electrons. The fourth-order valence-electron chi connectivity index (χ4n) is 1.95. The highest BCUT2D eigenvalue weighted by Crippen LogP contribution is 2.30. The Bertz CT molecular complexity index is 584.